The van der Waals surface area contributed by atoms with Crippen molar-refractivity contribution >= 4 is 17.7 Å². The van der Waals surface area contributed by atoms with Gasteiger partial charge in [0, 0.05) is 0 Å². The topological polar surface area (TPSA) is 114 Å². The van der Waals surface area contributed by atoms with Gasteiger partial charge in [0.25, 0.3) is 0 Å². The van der Waals surface area contributed by atoms with Crippen molar-refractivity contribution in [3.8, 4) is 0 Å². The number of hydrogen-bond acceptors (Lipinski definition) is 6. The Labute approximate surface area is 121 Å². The van der Waals surface area contributed by atoms with E-state index in [1.54, 1.807) is 0 Å². The summed E-state index contributed by atoms with van der Waals surface area (Å²) >= 11 is 0. The molecule has 0 radical (unpaired) electrons. The van der Waals surface area contributed by atoms with Gasteiger partial charge in [0.15, 0.2) is 5.82 Å². The Balaban J connectivity index is 1.85. The largest absolute Gasteiger partial charge is 0.476 e. The third-order valence-corrected chi connectivity index (χ3v) is 3.59. The standard InChI is InChI=1S/C14H15N5O2/c15-12-11(13(20)21)18-19-14(17-12)16-10-7-3-5-8-4-1-2-6-9(8)10/h1-2,4,6,10H,3,5,7H2,(H,20,21)(H3,15,16,17,19)/t10-/m1/s1. The van der Waals surface area contributed by atoms with Crippen molar-refractivity contribution in [2.75, 3.05) is 11.1 Å². The molecule has 3 rings (SSSR count). The molecule has 0 aliphatic heterocycles. The number of nitrogens with two attached hydrogens (primary N) is 1. The fourth-order valence-corrected chi connectivity index (χ4v) is 2.61. The number of aromatic nitrogens is 3. The van der Waals surface area contributed by atoms with E-state index in [0.717, 1.165) is 19.3 Å². The van der Waals surface area contributed by atoms with Gasteiger partial charge in [-0.3, -0.25) is 0 Å². The molecule has 0 spiro atoms. The number of aromatic carboxylic acids is 1. The summed E-state index contributed by atoms with van der Waals surface area (Å²) in [6.45, 7) is 0. The van der Waals surface area contributed by atoms with Gasteiger partial charge in [-0.1, -0.05) is 24.3 Å². The van der Waals surface area contributed by atoms with Gasteiger partial charge >= 0.3 is 5.97 Å². The number of carboxylic acids is 1. The van der Waals surface area contributed by atoms with E-state index in [4.69, 9.17) is 10.8 Å². The van der Waals surface area contributed by atoms with Crippen LogP contribution in [-0.2, 0) is 6.42 Å². The molecule has 108 valence electrons. The molecule has 0 saturated carbocycles. The smallest absolute Gasteiger partial charge is 0.360 e. The second-order valence-corrected chi connectivity index (χ2v) is 4.96. The molecular weight excluding hydrogens is 270 g/mol. The Bertz CT molecular complexity index is 689. The summed E-state index contributed by atoms with van der Waals surface area (Å²) in [5, 5.41) is 19.4. The predicted molar refractivity (Wildman–Crippen MR) is 76.9 cm³/mol. The summed E-state index contributed by atoms with van der Waals surface area (Å²) in [5.74, 6) is -1.12. The van der Waals surface area contributed by atoms with Crippen LogP contribution in [0.2, 0.25) is 0 Å². The zero-order chi connectivity index (χ0) is 14.8. The average Bonchev–Trinajstić information content (AvgIpc) is 2.47. The molecule has 1 aromatic carbocycles. The molecule has 0 saturated heterocycles. The van der Waals surface area contributed by atoms with Crippen LogP contribution >= 0.6 is 0 Å². The van der Waals surface area contributed by atoms with E-state index in [2.05, 4.69) is 32.6 Å². The van der Waals surface area contributed by atoms with E-state index in [9.17, 15) is 4.79 Å². The van der Waals surface area contributed by atoms with E-state index >= 15 is 0 Å². The number of nitrogens with one attached hydrogen (secondary N) is 1. The summed E-state index contributed by atoms with van der Waals surface area (Å²) in [4.78, 5) is 14.8. The van der Waals surface area contributed by atoms with Crippen LogP contribution in [-0.4, -0.2) is 26.3 Å². The van der Waals surface area contributed by atoms with Crippen LogP contribution in [0.25, 0.3) is 0 Å². The number of carboxylic acid groups (broad SMARTS) is 1. The minimum absolute atomic E-state index is 0.0897. The van der Waals surface area contributed by atoms with E-state index < -0.39 is 5.97 Å². The van der Waals surface area contributed by atoms with Gasteiger partial charge in [-0.05, 0) is 30.4 Å². The van der Waals surface area contributed by atoms with Gasteiger partial charge in [0.05, 0.1) is 6.04 Å². The van der Waals surface area contributed by atoms with E-state index in [-0.39, 0.29) is 23.5 Å². The van der Waals surface area contributed by atoms with Gasteiger partial charge in [-0.2, -0.15) is 4.98 Å². The highest BCUT2D eigenvalue weighted by atomic mass is 16.4. The first-order chi connectivity index (χ1) is 10.1. The first-order valence-corrected chi connectivity index (χ1v) is 6.73. The molecule has 7 heteroatoms. The lowest BCUT2D eigenvalue weighted by Crippen LogP contribution is -2.20. The fraction of sp³-hybridized carbons (Fsp3) is 0.286. The summed E-state index contributed by atoms with van der Waals surface area (Å²) in [6.07, 6.45) is 3.10. The lowest BCUT2D eigenvalue weighted by Gasteiger charge is -2.26. The highest BCUT2D eigenvalue weighted by molar-refractivity contribution is 5.90. The normalized spacial score (nSPS) is 17.0. The third-order valence-electron chi connectivity index (χ3n) is 3.59. The molecular formula is C14H15N5O2. The quantitative estimate of drug-likeness (QED) is 0.785. The lowest BCUT2D eigenvalue weighted by atomic mass is 9.88. The highest BCUT2D eigenvalue weighted by Crippen LogP contribution is 2.31. The molecule has 1 aliphatic carbocycles. The number of fused-ring (bicyclic) bond motifs is 1. The first kappa shape index (κ1) is 13.3. The zero-order valence-electron chi connectivity index (χ0n) is 11.3. The molecule has 2 aromatic rings. The van der Waals surface area contributed by atoms with Crippen LogP contribution in [0.15, 0.2) is 24.3 Å². The first-order valence-electron chi connectivity index (χ1n) is 6.73. The van der Waals surface area contributed by atoms with Crippen molar-refractivity contribution in [1.29, 1.82) is 0 Å². The molecule has 0 amide bonds. The molecule has 0 fully saturated rings. The predicted octanol–water partition coefficient (Wildman–Crippen LogP) is 1.64. The second kappa shape index (κ2) is 5.35. The number of benzene rings is 1. The Morgan fingerprint density at radius 3 is 2.90 bits per heavy atom. The maximum atomic E-state index is 10.8. The number of nitrogens with zero attached hydrogens (tertiary/aromatic N) is 3. The average molecular weight is 285 g/mol. The number of hydrogen-bond donors (Lipinski definition) is 3. The lowest BCUT2D eigenvalue weighted by molar-refractivity contribution is 0.0690. The zero-order valence-corrected chi connectivity index (χ0v) is 11.3. The molecule has 0 bridgehead atoms. The Hall–Kier alpha value is -2.70. The van der Waals surface area contributed by atoms with Crippen LogP contribution in [0.1, 0.15) is 40.5 Å². The van der Waals surface area contributed by atoms with Crippen molar-refractivity contribution in [3.05, 3.63) is 41.1 Å². The van der Waals surface area contributed by atoms with Crippen LogP contribution in [0.4, 0.5) is 11.8 Å². The second-order valence-electron chi connectivity index (χ2n) is 4.96. The maximum Gasteiger partial charge on any atom is 0.360 e. The van der Waals surface area contributed by atoms with Gasteiger partial charge in [-0.25, -0.2) is 4.79 Å². The van der Waals surface area contributed by atoms with Crippen LogP contribution in [0, 0.1) is 0 Å². The summed E-state index contributed by atoms with van der Waals surface area (Å²) in [7, 11) is 0. The van der Waals surface area contributed by atoms with Crippen molar-refractivity contribution in [3.63, 3.8) is 0 Å². The monoisotopic (exact) mass is 285 g/mol. The number of rotatable bonds is 3. The Morgan fingerprint density at radius 2 is 2.14 bits per heavy atom. The molecule has 1 aliphatic rings. The maximum absolute atomic E-state index is 10.8. The summed E-state index contributed by atoms with van der Waals surface area (Å²) < 4.78 is 0. The summed E-state index contributed by atoms with van der Waals surface area (Å²) in [5.41, 5.74) is 7.78. The van der Waals surface area contributed by atoms with Gasteiger partial charge in [0.2, 0.25) is 11.6 Å². The summed E-state index contributed by atoms with van der Waals surface area (Å²) in [6, 6.07) is 8.31. The molecule has 0 unspecified atom stereocenters. The van der Waals surface area contributed by atoms with E-state index in [1.165, 1.54) is 11.1 Å². The molecule has 1 heterocycles. The van der Waals surface area contributed by atoms with Crippen molar-refractivity contribution in [1.82, 2.24) is 15.2 Å². The molecule has 21 heavy (non-hydrogen) atoms. The molecule has 1 atom stereocenters. The molecule has 4 N–H and O–H groups in total. The molecule has 7 nitrogen and oxygen atoms in total. The van der Waals surface area contributed by atoms with Crippen LogP contribution in [0.3, 0.4) is 0 Å². The number of aryl methyl sites for hydroxylation is 1. The van der Waals surface area contributed by atoms with Gasteiger partial charge in [0.1, 0.15) is 0 Å². The van der Waals surface area contributed by atoms with E-state index in [1.807, 2.05) is 12.1 Å². The number of carbonyl (C=O) groups is 1. The SMILES string of the molecule is Nc1nc(N[C@@H]2CCCc3ccccc32)nnc1C(=O)O. The van der Waals surface area contributed by atoms with Crippen molar-refractivity contribution in [2.45, 2.75) is 25.3 Å². The highest BCUT2D eigenvalue weighted by Gasteiger charge is 2.21. The Kier molecular flexibility index (Phi) is 3.39. The van der Waals surface area contributed by atoms with Crippen molar-refractivity contribution < 1.29 is 9.90 Å². The van der Waals surface area contributed by atoms with Crippen LogP contribution in [0.5, 0.6) is 0 Å². The fourth-order valence-electron chi connectivity index (χ4n) is 2.61. The van der Waals surface area contributed by atoms with E-state index in [0.29, 0.717) is 0 Å². The van der Waals surface area contributed by atoms with Gasteiger partial charge < -0.3 is 16.2 Å². The Morgan fingerprint density at radius 1 is 1.33 bits per heavy atom. The third kappa shape index (κ3) is 2.62. The molecule has 1 aromatic heterocycles. The minimum Gasteiger partial charge on any atom is -0.476 e. The number of nitrogen functional groups attached to an aromatic ring is 1. The minimum atomic E-state index is -1.23. The van der Waals surface area contributed by atoms with Crippen LogP contribution < -0.4 is 11.1 Å². The number of anilines is 2. The van der Waals surface area contributed by atoms with Crippen molar-refractivity contribution in [2.24, 2.45) is 0 Å². The van der Waals surface area contributed by atoms with Gasteiger partial charge in [-0.15, -0.1) is 10.2 Å².